The summed E-state index contributed by atoms with van der Waals surface area (Å²) in [4.78, 5) is 9.97. The lowest BCUT2D eigenvalue weighted by molar-refractivity contribution is 0.0769. The van der Waals surface area contributed by atoms with E-state index in [4.69, 9.17) is 0 Å². The first-order valence-corrected chi connectivity index (χ1v) is 5.78. The smallest absolute Gasteiger partial charge is 0.251 e. The lowest BCUT2D eigenvalue weighted by atomic mass is 10.1. The van der Waals surface area contributed by atoms with Gasteiger partial charge in [-0.2, -0.15) is 0 Å². The molecule has 0 amide bonds. The molecule has 1 fully saturated rings. The quantitative estimate of drug-likeness (QED) is 0.871. The second-order valence-electron chi connectivity index (χ2n) is 4.18. The average Bonchev–Trinajstić information content (AvgIpc) is 2.32. The van der Waals surface area contributed by atoms with Crippen molar-refractivity contribution < 1.29 is 8.78 Å². The SMILES string of the molecule is FC(F)CN1CCC(Nc2ncccn2)CC1. The summed E-state index contributed by atoms with van der Waals surface area (Å²) >= 11 is 0. The van der Waals surface area contributed by atoms with Crippen LogP contribution < -0.4 is 5.32 Å². The van der Waals surface area contributed by atoms with Gasteiger partial charge in [0, 0.05) is 31.5 Å². The van der Waals surface area contributed by atoms with Crippen molar-refractivity contribution in [1.29, 1.82) is 0 Å². The molecule has 1 N–H and O–H groups in total. The van der Waals surface area contributed by atoms with E-state index in [1.54, 1.807) is 23.4 Å². The van der Waals surface area contributed by atoms with E-state index < -0.39 is 6.43 Å². The van der Waals surface area contributed by atoms with Crippen molar-refractivity contribution >= 4 is 5.95 Å². The van der Waals surface area contributed by atoms with Gasteiger partial charge in [0.05, 0.1) is 6.54 Å². The summed E-state index contributed by atoms with van der Waals surface area (Å²) in [6.07, 6.45) is 2.83. The first-order valence-electron chi connectivity index (χ1n) is 5.78. The van der Waals surface area contributed by atoms with Crippen molar-refractivity contribution in [1.82, 2.24) is 14.9 Å². The second kappa shape index (κ2) is 5.86. The maximum Gasteiger partial charge on any atom is 0.251 e. The molecule has 1 aromatic heterocycles. The lowest BCUT2D eigenvalue weighted by Crippen LogP contribution is -2.41. The number of alkyl halides is 2. The van der Waals surface area contributed by atoms with Gasteiger partial charge in [-0.25, -0.2) is 18.7 Å². The van der Waals surface area contributed by atoms with Gasteiger partial charge in [0.25, 0.3) is 6.43 Å². The highest BCUT2D eigenvalue weighted by atomic mass is 19.3. The highest BCUT2D eigenvalue weighted by molar-refractivity contribution is 5.24. The third-order valence-electron chi connectivity index (χ3n) is 2.88. The molecule has 2 rings (SSSR count). The van der Waals surface area contributed by atoms with Crippen LogP contribution in [0.15, 0.2) is 18.5 Å². The number of nitrogens with zero attached hydrogens (tertiary/aromatic N) is 3. The second-order valence-corrected chi connectivity index (χ2v) is 4.18. The molecule has 1 aromatic rings. The molecule has 0 atom stereocenters. The topological polar surface area (TPSA) is 41.0 Å². The molecule has 0 bridgehead atoms. The normalized spacial score (nSPS) is 18.5. The summed E-state index contributed by atoms with van der Waals surface area (Å²) < 4.78 is 24.4. The maximum atomic E-state index is 12.2. The Bertz CT molecular complexity index is 326. The molecule has 0 saturated carbocycles. The van der Waals surface area contributed by atoms with Gasteiger partial charge in [-0.05, 0) is 18.9 Å². The largest absolute Gasteiger partial charge is 0.351 e. The van der Waals surface area contributed by atoms with E-state index in [-0.39, 0.29) is 12.6 Å². The van der Waals surface area contributed by atoms with Crippen molar-refractivity contribution in [2.24, 2.45) is 0 Å². The Balaban J connectivity index is 1.76. The van der Waals surface area contributed by atoms with Crippen LogP contribution in [-0.4, -0.2) is 47.0 Å². The van der Waals surface area contributed by atoms with Crippen LogP contribution in [0.4, 0.5) is 14.7 Å². The molecule has 4 nitrogen and oxygen atoms in total. The first-order chi connectivity index (χ1) is 8.24. The van der Waals surface area contributed by atoms with Crippen molar-refractivity contribution in [2.75, 3.05) is 25.0 Å². The van der Waals surface area contributed by atoms with Crippen LogP contribution in [0.1, 0.15) is 12.8 Å². The average molecular weight is 242 g/mol. The summed E-state index contributed by atoms with van der Waals surface area (Å²) in [5, 5.41) is 3.22. The minimum atomic E-state index is -2.24. The molecule has 94 valence electrons. The number of hydrogen-bond acceptors (Lipinski definition) is 4. The fourth-order valence-electron chi connectivity index (χ4n) is 2.01. The molecule has 2 heterocycles. The Labute approximate surface area is 99.1 Å². The van der Waals surface area contributed by atoms with E-state index >= 15 is 0 Å². The molecule has 6 heteroatoms. The molecular formula is C11H16F2N4. The van der Waals surface area contributed by atoms with E-state index in [1.165, 1.54) is 0 Å². The van der Waals surface area contributed by atoms with Gasteiger partial charge in [-0.1, -0.05) is 0 Å². The lowest BCUT2D eigenvalue weighted by Gasteiger charge is -2.31. The Morgan fingerprint density at radius 3 is 2.53 bits per heavy atom. The Kier molecular flexibility index (Phi) is 4.19. The molecule has 1 saturated heterocycles. The fourth-order valence-corrected chi connectivity index (χ4v) is 2.01. The van der Waals surface area contributed by atoms with E-state index in [9.17, 15) is 8.78 Å². The van der Waals surface area contributed by atoms with E-state index in [0.717, 1.165) is 12.8 Å². The predicted molar refractivity (Wildman–Crippen MR) is 61.1 cm³/mol. The van der Waals surface area contributed by atoms with E-state index in [2.05, 4.69) is 15.3 Å². The molecule has 1 aliphatic heterocycles. The van der Waals surface area contributed by atoms with E-state index in [1.807, 2.05) is 0 Å². The Morgan fingerprint density at radius 1 is 1.29 bits per heavy atom. The number of nitrogens with one attached hydrogen (secondary N) is 1. The van der Waals surface area contributed by atoms with Gasteiger partial charge >= 0.3 is 0 Å². The minimum absolute atomic E-state index is 0.117. The molecule has 0 unspecified atom stereocenters. The van der Waals surface area contributed by atoms with Crippen LogP contribution in [0.3, 0.4) is 0 Å². The summed E-state index contributed by atoms with van der Waals surface area (Å²) in [5.41, 5.74) is 0. The number of halogens is 2. The summed E-state index contributed by atoms with van der Waals surface area (Å²) in [6.45, 7) is 1.29. The van der Waals surface area contributed by atoms with Crippen LogP contribution in [0.5, 0.6) is 0 Å². The molecule has 0 aliphatic carbocycles. The maximum absolute atomic E-state index is 12.2. The summed E-state index contributed by atoms with van der Waals surface area (Å²) in [6, 6.07) is 2.04. The molecule has 17 heavy (non-hydrogen) atoms. The number of anilines is 1. The minimum Gasteiger partial charge on any atom is -0.351 e. The molecule has 1 aliphatic rings. The zero-order valence-electron chi connectivity index (χ0n) is 9.52. The summed E-state index contributed by atoms with van der Waals surface area (Å²) in [7, 11) is 0. The van der Waals surface area contributed by atoms with Crippen LogP contribution in [0.2, 0.25) is 0 Å². The third kappa shape index (κ3) is 3.89. The zero-order valence-corrected chi connectivity index (χ0v) is 9.52. The molecule has 0 aromatic carbocycles. The van der Waals surface area contributed by atoms with Crippen molar-refractivity contribution in [3.8, 4) is 0 Å². The van der Waals surface area contributed by atoms with E-state index in [0.29, 0.717) is 19.0 Å². The van der Waals surface area contributed by atoms with Gasteiger partial charge in [0.15, 0.2) is 0 Å². The van der Waals surface area contributed by atoms with Gasteiger partial charge in [0.2, 0.25) is 5.95 Å². The third-order valence-corrected chi connectivity index (χ3v) is 2.88. The highest BCUT2D eigenvalue weighted by Gasteiger charge is 2.21. The Morgan fingerprint density at radius 2 is 1.94 bits per heavy atom. The van der Waals surface area contributed by atoms with Crippen molar-refractivity contribution in [3.05, 3.63) is 18.5 Å². The molecular weight excluding hydrogens is 226 g/mol. The van der Waals surface area contributed by atoms with Crippen LogP contribution in [-0.2, 0) is 0 Å². The number of likely N-dealkylation sites (tertiary alicyclic amines) is 1. The number of aromatic nitrogens is 2. The monoisotopic (exact) mass is 242 g/mol. The number of rotatable bonds is 4. The van der Waals surface area contributed by atoms with Gasteiger partial charge in [-0.15, -0.1) is 0 Å². The summed E-state index contributed by atoms with van der Waals surface area (Å²) in [5.74, 6) is 0.611. The highest BCUT2D eigenvalue weighted by Crippen LogP contribution is 2.14. The molecule has 0 spiro atoms. The first kappa shape index (κ1) is 12.2. The van der Waals surface area contributed by atoms with Gasteiger partial charge in [0.1, 0.15) is 0 Å². The number of hydrogen-bond donors (Lipinski definition) is 1. The van der Waals surface area contributed by atoms with Crippen molar-refractivity contribution in [3.63, 3.8) is 0 Å². The van der Waals surface area contributed by atoms with Crippen LogP contribution >= 0.6 is 0 Å². The standard InChI is InChI=1S/C11H16F2N4/c12-10(13)8-17-6-2-9(3-7-17)16-11-14-4-1-5-15-11/h1,4-5,9-10H,2-3,6-8H2,(H,14,15,16). The van der Waals surface area contributed by atoms with Crippen molar-refractivity contribution in [2.45, 2.75) is 25.3 Å². The zero-order chi connectivity index (χ0) is 12.1. The fraction of sp³-hybridized carbons (Fsp3) is 0.636. The predicted octanol–water partition coefficient (Wildman–Crippen LogP) is 1.62. The molecule has 0 radical (unpaired) electrons. The Hall–Kier alpha value is -1.30. The number of piperidine rings is 1. The van der Waals surface area contributed by atoms with Crippen LogP contribution in [0, 0.1) is 0 Å². The van der Waals surface area contributed by atoms with Gasteiger partial charge in [-0.3, -0.25) is 4.90 Å². The van der Waals surface area contributed by atoms with Crippen LogP contribution in [0.25, 0.3) is 0 Å². The van der Waals surface area contributed by atoms with Gasteiger partial charge < -0.3 is 5.32 Å².